The number of carbonyl (C=O) groups excluding carboxylic acids is 1. The van der Waals surface area contributed by atoms with Crippen molar-refractivity contribution in [3.05, 3.63) is 70.1 Å². The highest BCUT2D eigenvalue weighted by atomic mass is 16.1. The number of amides is 1. The number of aromatic nitrogens is 5. The molecule has 1 saturated carbocycles. The molecule has 0 radical (unpaired) electrons. The second-order valence-electron chi connectivity index (χ2n) is 8.41. The molecular weight excluding hydrogens is 418 g/mol. The zero-order chi connectivity index (χ0) is 22.7. The van der Waals surface area contributed by atoms with Gasteiger partial charge < -0.3 is 21.0 Å². The van der Waals surface area contributed by atoms with E-state index < -0.39 is 0 Å². The molecule has 5 N–H and O–H groups in total. The summed E-state index contributed by atoms with van der Waals surface area (Å²) in [5.74, 6) is 0.894. The summed E-state index contributed by atoms with van der Waals surface area (Å²) >= 11 is 0. The molecule has 0 aliphatic heterocycles. The van der Waals surface area contributed by atoms with Gasteiger partial charge in [-0.2, -0.15) is 5.10 Å². The Morgan fingerprint density at radius 3 is 2.76 bits per heavy atom. The third kappa shape index (κ3) is 3.25. The van der Waals surface area contributed by atoms with E-state index in [1.807, 2.05) is 31.3 Å². The summed E-state index contributed by atoms with van der Waals surface area (Å²) in [5.41, 5.74) is 10.5. The molecule has 9 nitrogen and oxygen atoms in total. The zero-order valence-electron chi connectivity index (χ0n) is 17.8. The number of H-pyrrole nitrogens is 2. The summed E-state index contributed by atoms with van der Waals surface area (Å²) in [6.45, 7) is 0. The summed E-state index contributed by atoms with van der Waals surface area (Å²) in [6.07, 6.45) is 2.29. The topological polar surface area (TPSA) is 134 Å². The first-order chi connectivity index (χ1) is 16.0. The van der Waals surface area contributed by atoms with Crippen LogP contribution in [0.4, 0.5) is 11.5 Å². The number of aryl methyl sites for hydroxylation is 1. The van der Waals surface area contributed by atoms with Crippen LogP contribution < -0.4 is 16.6 Å². The Morgan fingerprint density at radius 2 is 1.94 bits per heavy atom. The number of aromatic amines is 2. The Labute approximate surface area is 187 Å². The van der Waals surface area contributed by atoms with Crippen molar-refractivity contribution in [2.24, 2.45) is 7.05 Å². The van der Waals surface area contributed by atoms with E-state index in [1.54, 1.807) is 28.9 Å². The van der Waals surface area contributed by atoms with Crippen LogP contribution >= 0.6 is 0 Å². The lowest BCUT2D eigenvalue weighted by molar-refractivity contribution is 0.102. The number of nitrogens with two attached hydrogens (primary N) is 1. The van der Waals surface area contributed by atoms with Gasteiger partial charge >= 0.3 is 0 Å². The van der Waals surface area contributed by atoms with Gasteiger partial charge in [-0.1, -0.05) is 12.1 Å². The lowest BCUT2D eigenvalue weighted by atomic mass is 10.1. The average Bonchev–Trinajstić information content (AvgIpc) is 3.53. The minimum atomic E-state index is -0.340. The predicted molar refractivity (Wildman–Crippen MR) is 127 cm³/mol. The van der Waals surface area contributed by atoms with Gasteiger partial charge in [-0.15, -0.1) is 0 Å². The van der Waals surface area contributed by atoms with Crippen molar-refractivity contribution in [2.75, 3.05) is 11.1 Å². The van der Waals surface area contributed by atoms with E-state index in [0.29, 0.717) is 50.6 Å². The minimum Gasteiger partial charge on any atom is -0.396 e. The van der Waals surface area contributed by atoms with Crippen LogP contribution in [0.2, 0.25) is 0 Å². The summed E-state index contributed by atoms with van der Waals surface area (Å²) in [7, 11) is 1.81. The molecule has 33 heavy (non-hydrogen) atoms. The molecule has 1 aliphatic rings. The fraction of sp³-hybridized carbons (Fsp3) is 0.167. The van der Waals surface area contributed by atoms with Gasteiger partial charge in [0.25, 0.3) is 11.5 Å². The van der Waals surface area contributed by atoms with Gasteiger partial charge in [-0.05, 0) is 43.2 Å². The van der Waals surface area contributed by atoms with Crippen molar-refractivity contribution in [3.8, 4) is 11.4 Å². The van der Waals surface area contributed by atoms with Gasteiger partial charge in [0.1, 0.15) is 5.82 Å². The molecule has 0 atom stereocenters. The summed E-state index contributed by atoms with van der Waals surface area (Å²) < 4.78 is 1.69. The van der Waals surface area contributed by atoms with E-state index >= 15 is 0 Å². The number of benzene rings is 2. The molecule has 1 aliphatic carbocycles. The van der Waals surface area contributed by atoms with Crippen LogP contribution in [0.5, 0.6) is 0 Å². The second kappa shape index (κ2) is 7.06. The zero-order valence-corrected chi connectivity index (χ0v) is 17.8. The fourth-order valence-corrected chi connectivity index (χ4v) is 4.11. The number of carbonyl (C=O) groups is 1. The number of anilines is 2. The van der Waals surface area contributed by atoms with E-state index in [0.717, 1.165) is 18.5 Å². The quantitative estimate of drug-likeness (QED) is 0.340. The highest BCUT2D eigenvalue weighted by Gasteiger charge is 2.27. The lowest BCUT2D eigenvalue weighted by Gasteiger charge is -2.05. The molecule has 164 valence electrons. The van der Waals surface area contributed by atoms with Crippen molar-refractivity contribution >= 4 is 39.3 Å². The molecule has 2 aromatic carbocycles. The maximum Gasteiger partial charge on any atom is 0.276 e. The van der Waals surface area contributed by atoms with Crippen LogP contribution in [0.3, 0.4) is 0 Å². The number of nitrogen functional groups attached to an aromatic ring is 1. The molecule has 5 aromatic rings. The standard InChI is InChI=1S/C24H21N7O2/c1-31-19(11-18(30-31)12-6-7-12)29-23(32)13-8-9-15-14(10-13)20(25)21(26-15)22-24(33)28-17-5-3-2-4-16(17)27-22/h2-5,8-12,26H,6-7,25H2,1H3,(H,28,33)(H,29,32). The molecule has 3 heterocycles. The van der Waals surface area contributed by atoms with Crippen molar-refractivity contribution in [1.82, 2.24) is 24.7 Å². The molecule has 0 bridgehead atoms. The first kappa shape index (κ1) is 19.3. The van der Waals surface area contributed by atoms with Gasteiger partial charge in [0.2, 0.25) is 0 Å². The summed E-state index contributed by atoms with van der Waals surface area (Å²) in [6, 6.07) is 14.4. The van der Waals surface area contributed by atoms with Crippen molar-refractivity contribution < 1.29 is 4.79 Å². The van der Waals surface area contributed by atoms with Crippen LogP contribution in [0.1, 0.15) is 34.8 Å². The maximum atomic E-state index is 12.9. The minimum absolute atomic E-state index is 0.205. The normalized spacial score (nSPS) is 13.6. The monoisotopic (exact) mass is 439 g/mol. The smallest absolute Gasteiger partial charge is 0.276 e. The average molecular weight is 439 g/mol. The first-order valence-corrected chi connectivity index (χ1v) is 10.7. The molecule has 1 amide bonds. The number of para-hydroxylation sites is 2. The largest absolute Gasteiger partial charge is 0.396 e. The fourth-order valence-electron chi connectivity index (χ4n) is 4.11. The van der Waals surface area contributed by atoms with E-state index in [1.165, 1.54) is 0 Å². The SMILES string of the molecule is Cn1nc(C2CC2)cc1NC(=O)c1ccc2[nH]c(-c3nc4ccccc4[nH]c3=O)c(N)c2c1. The molecular formula is C24H21N7O2. The number of rotatable bonds is 4. The number of hydrogen-bond donors (Lipinski definition) is 4. The third-order valence-corrected chi connectivity index (χ3v) is 6.07. The van der Waals surface area contributed by atoms with Crippen LogP contribution in [0.15, 0.2) is 53.3 Å². The van der Waals surface area contributed by atoms with Gasteiger partial charge in [-0.3, -0.25) is 14.3 Å². The maximum absolute atomic E-state index is 12.9. The molecule has 0 unspecified atom stereocenters. The Morgan fingerprint density at radius 1 is 1.12 bits per heavy atom. The van der Waals surface area contributed by atoms with Gasteiger partial charge in [0.15, 0.2) is 5.69 Å². The van der Waals surface area contributed by atoms with Crippen molar-refractivity contribution in [2.45, 2.75) is 18.8 Å². The number of hydrogen-bond acceptors (Lipinski definition) is 5. The molecule has 0 spiro atoms. The molecule has 6 rings (SSSR count). The Balaban J connectivity index is 1.36. The van der Waals surface area contributed by atoms with Crippen LogP contribution in [0.25, 0.3) is 33.3 Å². The highest BCUT2D eigenvalue weighted by Crippen LogP contribution is 2.40. The van der Waals surface area contributed by atoms with E-state index in [2.05, 4.69) is 25.4 Å². The van der Waals surface area contributed by atoms with Crippen LogP contribution in [0, 0.1) is 0 Å². The highest BCUT2D eigenvalue weighted by molar-refractivity contribution is 6.08. The van der Waals surface area contributed by atoms with Crippen LogP contribution in [-0.4, -0.2) is 30.6 Å². The Hall–Kier alpha value is -4.40. The van der Waals surface area contributed by atoms with Crippen LogP contribution in [-0.2, 0) is 7.05 Å². The number of nitrogens with zero attached hydrogens (tertiary/aromatic N) is 3. The van der Waals surface area contributed by atoms with Gasteiger partial charge in [-0.25, -0.2) is 4.98 Å². The van der Waals surface area contributed by atoms with Crippen molar-refractivity contribution in [1.29, 1.82) is 0 Å². The molecule has 1 fully saturated rings. The van der Waals surface area contributed by atoms with Gasteiger partial charge in [0.05, 0.1) is 28.1 Å². The molecule has 0 saturated heterocycles. The van der Waals surface area contributed by atoms with E-state index in [4.69, 9.17) is 5.73 Å². The number of nitrogens with one attached hydrogen (secondary N) is 3. The molecule has 3 aromatic heterocycles. The van der Waals surface area contributed by atoms with Gasteiger partial charge in [0, 0.05) is 35.5 Å². The van der Waals surface area contributed by atoms with E-state index in [9.17, 15) is 9.59 Å². The Kier molecular flexibility index (Phi) is 4.13. The summed E-state index contributed by atoms with van der Waals surface area (Å²) in [4.78, 5) is 36.1. The Bertz CT molecular complexity index is 1620. The second-order valence-corrected chi connectivity index (χ2v) is 8.41. The summed E-state index contributed by atoms with van der Waals surface area (Å²) in [5, 5.41) is 8.06. The first-order valence-electron chi connectivity index (χ1n) is 10.7. The number of fused-ring (bicyclic) bond motifs is 2. The predicted octanol–water partition coefficient (Wildman–Crippen LogP) is 3.52. The van der Waals surface area contributed by atoms with E-state index in [-0.39, 0.29) is 17.2 Å². The van der Waals surface area contributed by atoms with Crippen molar-refractivity contribution in [3.63, 3.8) is 0 Å². The lowest BCUT2D eigenvalue weighted by Crippen LogP contribution is -2.14. The third-order valence-electron chi connectivity index (χ3n) is 6.07. The molecule has 9 heteroatoms.